The highest BCUT2D eigenvalue weighted by atomic mass is 16.5. The van der Waals surface area contributed by atoms with Crippen LogP contribution >= 0.6 is 0 Å². The van der Waals surface area contributed by atoms with Gasteiger partial charge in [-0.15, -0.1) is 0 Å². The number of esters is 2. The summed E-state index contributed by atoms with van der Waals surface area (Å²) < 4.78 is 10.2. The molecule has 0 radical (unpaired) electrons. The number of fused-ring (bicyclic) bond motifs is 5. The van der Waals surface area contributed by atoms with E-state index in [1.54, 1.807) is 0 Å². The quantitative estimate of drug-likeness (QED) is 0.370. The van der Waals surface area contributed by atoms with E-state index in [0.717, 1.165) is 50.5 Å². The van der Waals surface area contributed by atoms with Gasteiger partial charge in [-0.2, -0.15) is 0 Å². The number of ether oxygens (including phenoxy) is 2. The van der Waals surface area contributed by atoms with E-state index < -0.39 is 5.97 Å². The maximum Gasteiger partial charge on any atom is 0.330 e. The standard InChI is InChI=1S/C26H34O5/c1-16(27)31-18-11-13-25(2)17(15-18)5-6-19-20-7-8-22(23(28)9-10-24(29)30-4)26(20,3)14-12-21(19)25/h5,8-10,18-21H,6-7,11-15H2,1-4H3/b10-9+. The van der Waals surface area contributed by atoms with Crippen molar-refractivity contribution >= 4 is 17.7 Å². The predicted octanol–water partition coefficient (Wildman–Crippen LogP) is 4.72. The highest BCUT2D eigenvalue weighted by Gasteiger charge is 2.57. The number of rotatable bonds is 4. The molecular formula is C26H34O5. The van der Waals surface area contributed by atoms with E-state index in [0.29, 0.717) is 17.8 Å². The van der Waals surface area contributed by atoms with Gasteiger partial charge in [0.05, 0.1) is 7.11 Å². The first kappa shape index (κ1) is 22.0. The lowest BCUT2D eigenvalue weighted by Crippen LogP contribution is -2.50. The van der Waals surface area contributed by atoms with Crippen LogP contribution in [0.1, 0.15) is 65.7 Å². The number of allylic oxidation sites excluding steroid dienone is 4. The van der Waals surface area contributed by atoms with Crippen molar-refractivity contribution in [3.8, 4) is 0 Å². The van der Waals surface area contributed by atoms with Crippen molar-refractivity contribution in [1.29, 1.82) is 0 Å². The Morgan fingerprint density at radius 3 is 2.45 bits per heavy atom. The zero-order valence-electron chi connectivity index (χ0n) is 19.1. The lowest BCUT2D eigenvalue weighted by molar-refractivity contribution is -0.148. The molecule has 2 saturated carbocycles. The van der Waals surface area contributed by atoms with Crippen molar-refractivity contribution in [1.82, 2.24) is 0 Å². The molecule has 0 spiro atoms. The molecule has 0 N–H and O–H groups in total. The third-order valence-electron chi connectivity index (χ3n) is 8.81. The van der Waals surface area contributed by atoms with Crippen LogP contribution in [0.3, 0.4) is 0 Å². The minimum Gasteiger partial charge on any atom is -0.466 e. The van der Waals surface area contributed by atoms with Crippen molar-refractivity contribution in [3.05, 3.63) is 35.5 Å². The second-order valence-electron chi connectivity index (χ2n) is 10.3. The van der Waals surface area contributed by atoms with E-state index in [4.69, 9.17) is 4.74 Å². The summed E-state index contributed by atoms with van der Waals surface area (Å²) in [6.07, 6.45) is 14.1. The number of carbonyl (C=O) groups is 3. The van der Waals surface area contributed by atoms with Crippen molar-refractivity contribution in [3.63, 3.8) is 0 Å². The fourth-order valence-corrected chi connectivity index (χ4v) is 7.21. The van der Waals surface area contributed by atoms with Gasteiger partial charge in [-0.05, 0) is 73.2 Å². The van der Waals surface area contributed by atoms with Crippen LogP contribution in [0.15, 0.2) is 35.5 Å². The molecule has 0 amide bonds. The van der Waals surface area contributed by atoms with Crippen molar-refractivity contribution in [2.75, 3.05) is 7.11 Å². The molecule has 0 bridgehead atoms. The average Bonchev–Trinajstić information content (AvgIpc) is 3.09. The Morgan fingerprint density at radius 2 is 1.74 bits per heavy atom. The molecule has 4 aliphatic carbocycles. The van der Waals surface area contributed by atoms with E-state index in [1.807, 2.05) is 0 Å². The lowest BCUT2D eigenvalue weighted by Gasteiger charge is -2.57. The summed E-state index contributed by atoms with van der Waals surface area (Å²) in [7, 11) is 1.32. The van der Waals surface area contributed by atoms with Crippen LogP contribution < -0.4 is 0 Å². The fraction of sp³-hybridized carbons (Fsp3) is 0.654. The molecule has 0 aromatic heterocycles. The first-order valence-corrected chi connectivity index (χ1v) is 11.6. The first-order chi connectivity index (χ1) is 14.7. The average molecular weight is 427 g/mol. The number of methoxy groups -OCH3 is 1. The van der Waals surface area contributed by atoms with E-state index in [2.05, 4.69) is 30.7 Å². The highest BCUT2D eigenvalue weighted by Crippen LogP contribution is 2.65. The molecule has 6 atom stereocenters. The van der Waals surface area contributed by atoms with Gasteiger partial charge in [0.2, 0.25) is 0 Å². The summed E-state index contributed by atoms with van der Waals surface area (Å²) >= 11 is 0. The molecule has 5 heteroatoms. The fourth-order valence-electron chi connectivity index (χ4n) is 7.21. The van der Waals surface area contributed by atoms with Crippen LogP contribution in [0, 0.1) is 28.6 Å². The lowest BCUT2D eigenvalue weighted by atomic mass is 9.47. The maximum atomic E-state index is 12.9. The van der Waals surface area contributed by atoms with Gasteiger partial charge >= 0.3 is 11.9 Å². The first-order valence-electron chi connectivity index (χ1n) is 11.6. The summed E-state index contributed by atoms with van der Waals surface area (Å²) in [6.45, 7) is 6.15. The van der Waals surface area contributed by atoms with Crippen LogP contribution in [-0.2, 0) is 23.9 Å². The molecule has 5 nitrogen and oxygen atoms in total. The normalized spacial score (nSPS) is 39.0. The van der Waals surface area contributed by atoms with Crippen molar-refractivity contribution < 1.29 is 23.9 Å². The van der Waals surface area contributed by atoms with Gasteiger partial charge < -0.3 is 9.47 Å². The monoisotopic (exact) mass is 426 g/mol. The maximum absolute atomic E-state index is 12.9. The van der Waals surface area contributed by atoms with E-state index in [9.17, 15) is 14.4 Å². The second-order valence-corrected chi connectivity index (χ2v) is 10.3. The van der Waals surface area contributed by atoms with Gasteiger partial charge in [0.1, 0.15) is 6.10 Å². The van der Waals surface area contributed by atoms with Crippen LogP contribution in [0.2, 0.25) is 0 Å². The predicted molar refractivity (Wildman–Crippen MR) is 117 cm³/mol. The van der Waals surface area contributed by atoms with E-state index in [1.165, 1.54) is 31.8 Å². The van der Waals surface area contributed by atoms with Crippen LogP contribution in [0.4, 0.5) is 0 Å². The summed E-state index contributed by atoms with van der Waals surface area (Å²) in [5.74, 6) is 0.874. The van der Waals surface area contributed by atoms with Gasteiger partial charge in [-0.25, -0.2) is 4.79 Å². The summed E-state index contributed by atoms with van der Waals surface area (Å²) in [5.41, 5.74) is 2.38. The van der Waals surface area contributed by atoms with E-state index >= 15 is 0 Å². The molecule has 6 unspecified atom stereocenters. The van der Waals surface area contributed by atoms with Crippen LogP contribution in [0.25, 0.3) is 0 Å². The third-order valence-corrected chi connectivity index (χ3v) is 8.81. The molecule has 0 aliphatic heterocycles. The molecule has 0 aromatic rings. The molecule has 31 heavy (non-hydrogen) atoms. The zero-order valence-corrected chi connectivity index (χ0v) is 19.1. The third kappa shape index (κ3) is 3.70. The number of carbonyl (C=O) groups excluding carboxylic acids is 3. The Morgan fingerprint density at radius 1 is 1.00 bits per heavy atom. The second kappa shape index (κ2) is 8.07. The minimum absolute atomic E-state index is 0.0150. The van der Waals surface area contributed by atoms with E-state index in [-0.39, 0.29) is 28.7 Å². The summed E-state index contributed by atoms with van der Waals surface area (Å²) in [5, 5.41) is 0. The van der Waals surface area contributed by atoms with Gasteiger partial charge in [0, 0.05) is 25.0 Å². The minimum atomic E-state index is -0.500. The number of hydrogen-bond donors (Lipinski definition) is 0. The Bertz CT molecular complexity index is 880. The Balaban J connectivity index is 1.53. The van der Waals surface area contributed by atoms with Gasteiger partial charge in [-0.1, -0.05) is 31.6 Å². The molecular weight excluding hydrogens is 392 g/mol. The van der Waals surface area contributed by atoms with Crippen molar-refractivity contribution in [2.24, 2.45) is 28.6 Å². The summed E-state index contributed by atoms with van der Waals surface area (Å²) in [4.78, 5) is 35.7. The molecule has 2 fully saturated rings. The van der Waals surface area contributed by atoms with Gasteiger partial charge in [0.25, 0.3) is 0 Å². The Hall–Kier alpha value is -2.17. The molecule has 4 aliphatic rings. The molecule has 4 rings (SSSR count). The Labute approximate surface area is 184 Å². The molecule has 0 aromatic carbocycles. The molecule has 0 saturated heterocycles. The summed E-state index contributed by atoms with van der Waals surface area (Å²) in [6, 6.07) is 0. The van der Waals surface area contributed by atoms with Gasteiger partial charge in [0.15, 0.2) is 5.78 Å². The van der Waals surface area contributed by atoms with Crippen molar-refractivity contribution in [2.45, 2.75) is 71.8 Å². The number of ketones is 1. The van der Waals surface area contributed by atoms with Crippen LogP contribution in [-0.4, -0.2) is 30.9 Å². The Kier molecular flexibility index (Phi) is 5.74. The van der Waals surface area contributed by atoms with Crippen LogP contribution in [0.5, 0.6) is 0 Å². The highest BCUT2D eigenvalue weighted by molar-refractivity contribution is 6.07. The largest absolute Gasteiger partial charge is 0.466 e. The smallest absolute Gasteiger partial charge is 0.330 e. The molecule has 168 valence electrons. The topological polar surface area (TPSA) is 69.7 Å². The SMILES string of the molecule is COC(=O)/C=C/C(=O)C1=CCC2C3CC=C4CC(OC(C)=O)CCC4(C)C3CCC12C. The molecule has 0 heterocycles. The zero-order chi connectivity index (χ0) is 22.4. The number of hydrogen-bond acceptors (Lipinski definition) is 5. The van der Waals surface area contributed by atoms with Gasteiger partial charge in [-0.3, -0.25) is 9.59 Å².